The van der Waals surface area contributed by atoms with Crippen molar-refractivity contribution in [2.45, 2.75) is 12.8 Å². The van der Waals surface area contributed by atoms with E-state index in [1.54, 1.807) is 13.0 Å². The minimum absolute atomic E-state index is 0.0352. The Hall–Kier alpha value is -2.01. The van der Waals surface area contributed by atoms with Crippen molar-refractivity contribution in [2.75, 3.05) is 0 Å². The van der Waals surface area contributed by atoms with Crippen LogP contribution in [0, 0.1) is 24.4 Å². The molecular weight excluding hydrogens is 301 g/mol. The molecule has 0 aliphatic rings. The summed E-state index contributed by atoms with van der Waals surface area (Å²) in [6.45, 7) is 1.61. The van der Waals surface area contributed by atoms with Crippen LogP contribution in [-0.2, 0) is 5.88 Å². The standard InChI is InChI=1S/C15H10ClF3N2/c1-8-2-14-13(6-12(8)19)20-15(7-16)21(14)11-4-9(17)3-10(18)5-11/h2-6H,7H2,1H3. The van der Waals surface area contributed by atoms with E-state index in [-0.39, 0.29) is 11.6 Å². The second kappa shape index (κ2) is 5.07. The Bertz CT molecular complexity index is 822. The molecule has 1 heterocycles. The molecule has 0 saturated carbocycles. The van der Waals surface area contributed by atoms with Gasteiger partial charge in [0.05, 0.1) is 22.6 Å². The molecule has 0 aliphatic carbocycles. The van der Waals surface area contributed by atoms with Crippen molar-refractivity contribution >= 4 is 22.6 Å². The lowest BCUT2D eigenvalue weighted by Crippen LogP contribution is -2.01. The smallest absolute Gasteiger partial charge is 0.129 e. The summed E-state index contributed by atoms with van der Waals surface area (Å²) in [6.07, 6.45) is 0. The number of alkyl halides is 1. The van der Waals surface area contributed by atoms with E-state index in [1.807, 2.05) is 0 Å². The first-order valence-corrected chi connectivity index (χ1v) is 6.73. The van der Waals surface area contributed by atoms with Crippen LogP contribution in [0.15, 0.2) is 30.3 Å². The SMILES string of the molecule is Cc1cc2c(cc1F)nc(CCl)n2-c1cc(F)cc(F)c1. The van der Waals surface area contributed by atoms with E-state index in [2.05, 4.69) is 4.98 Å². The molecule has 0 amide bonds. The van der Waals surface area contributed by atoms with E-state index in [4.69, 9.17) is 11.6 Å². The first-order chi connectivity index (χ1) is 9.99. The lowest BCUT2D eigenvalue weighted by molar-refractivity contribution is 0.581. The highest BCUT2D eigenvalue weighted by Gasteiger charge is 2.15. The van der Waals surface area contributed by atoms with Gasteiger partial charge in [-0.1, -0.05) is 0 Å². The molecule has 0 radical (unpaired) electrons. The average Bonchev–Trinajstić information content (AvgIpc) is 2.75. The molecule has 0 N–H and O–H groups in total. The molecule has 3 aromatic rings. The monoisotopic (exact) mass is 310 g/mol. The fraction of sp³-hybridized carbons (Fsp3) is 0.133. The molecule has 0 spiro atoms. The summed E-state index contributed by atoms with van der Waals surface area (Å²) in [5, 5.41) is 0. The minimum atomic E-state index is -0.703. The van der Waals surface area contributed by atoms with E-state index in [0.717, 1.165) is 6.07 Å². The first-order valence-electron chi connectivity index (χ1n) is 6.19. The Kier molecular flexibility index (Phi) is 3.37. The van der Waals surface area contributed by atoms with Gasteiger partial charge >= 0.3 is 0 Å². The maximum Gasteiger partial charge on any atom is 0.129 e. The van der Waals surface area contributed by atoms with Crippen LogP contribution in [0.3, 0.4) is 0 Å². The van der Waals surface area contributed by atoms with Gasteiger partial charge in [0.15, 0.2) is 0 Å². The van der Waals surface area contributed by atoms with E-state index < -0.39 is 17.5 Å². The summed E-state index contributed by atoms with van der Waals surface area (Å²) < 4.78 is 42.0. The Labute approximate surface area is 123 Å². The topological polar surface area (TPSA) is 17.8 Å². The fourth-order valence-electron chi connectivity index (χ4n) is 2.30. The van der Waals surface area contributed by atoms with Crippen molar-refractivity contribution in [1.29, 1.82) is 0 Å². The molecule has 1 aromatic heterocycles. The van der Waals surface area contributed by atoms with Crippen LogP contribution >= 0.6 is 11.6 Å². The van der Waals surface area contributed by atoms with Gasteiger partial charge in [0, 0.05) is 12.1 Å². The van der Waals surface area contributed by atoms with Gasteiger partial charge in [-0.25, -0.2) is 18.2 Å². The highest BCUT2D eigenvalue weighted by atomic mass is 35.5. The quantitative estimate of drug-likeness (QED) is 0.638. The number of hydrogen-bond donors (Lipinski definition) is 0. The summed E-state index contributed by atoms with van der Waals surface area (Å²) >= 11 is 5.85. The molecular formula is C15H10ClF3N2. The van der Waals surface area contributed by atoms with Crippen molar-refractivity contribution in [3.8, 4) is 5.69 Å². The van der Waals surface area contributed by atoms with Crippen LogP contribution in [-0.4, -0.2) is 9.55 Å². The van der Waals surface area contributed by atoms with Crippen LogP contribution in [0.2, 0.25) is 0 Å². The first kappa shape index (κ1) is 13.9. The Balaban J connectivity index is 2.36. The number of halogens is 4. The third-order valence-corrected chi connectivity index (χ3v) is 3.47. The number of imidazole rings is 1. The zero-order valence-electron chi connectivity index (χ0n) is 11.0. The minimum Gasteiger partial charge on any atom is -0.295 e. The number of aromatic nitrogens is 2. The summed E-state index contributed by atoms with van der Waals surface area (Å²) in [5.74, 6) is -1.37. The molecule has 0 fully saturated rings. The second-order valence-corrected chi connectivity index (χ2v) is 4.98. The van der Waals surface area contributed by atoms with Gasteiger partial charge in [0.25, 0.3) is 0 Å². The lowest BCUT2D eigenvalue weighted by Gasteiger charge is -2.09. The number of fused-ring (bicyclic) bond motifs is 1. The van der Waals surface area contributed by atoms with Gasteiger partial charge in [-0.15, -0.1) is 11.6 Å². The zero-order chi connectivity index (χ0) is 15.1. The van der Waals surface area contributed by atoms with Crippen molar-refractivity contribution in [3.63, 3.8) is 0 Å². The molecule has 0 unspecified atom stereocenters. The third-order valence-electron chi connectivity index (χ3n) is 3.23. The van der Waals surface area contributed by atoms with Crippen molar-refractivity contribution in [2.24, 2.45) is 0 Å². The molecule has 0 atom stereocenters. The Morgan fingerprint density at radius 3 is 2.33 bits per heavy atom. The van der Waals surface area contributed by atoms with Crippen LogP contribution in [0.25, 0.3) is 16.7 Å². The van der Waals surface area contributed by atoms with Crippen molar-refractivity contribution in [1.82, 2.24) is 9.55 Å². The summed E-state index contributed by atoms with van der Waals surface area (Å²) in [5.41, 5.74) is 1.62. The van der Waals surface area contributed by atoms with Crippen molar-refractivity contribution < 1.29 is 13.2 Å². The van der Waals surface area contributed by atoms with Gasteiger partial charge in [0.1, 0.15) is 23.3 Å². The molecule has 108 valence electrons. The molecule has 0 aliphatic heterocycles. The molecule has 6 heteroatoms. The lowest BCUT2D eigenvalue weighted by atomic mass is 10.2. The molecule has 0 saturated heterocycles. The van der Waals surface area contributed by atoms with E-state index in [0.29, 0.717) is 22.4 Å². The number of benzene rings is 2. The molecule has 2 aromatic carbocycles. The normalized spacial score (nSPS) is 11.3. The number of nitrogens with zero attached hydrogens (tertiary/aromatic N) is 2. The summed E-state index contributed by atoms with van der Waals surface area (Å²) in [6, 6.07) is 6.01. The zero-order valence-corrected chi connectivity index (χ0v) is 11.8. The summed E-state index contributed by atoms with van der Waals surface area (Å²) in [4.78, 5) is 4.21. The molecule has 21 heavy (non-hydrogen) atoms. The molecule has 3 rings (SSSR count). The second-order valence-electron chi connectivity index (χ2n) is 4.71. The highest BCUT2D eigenvalue weighted by molar-refractivity contribution is 6.17. The largest absolute Gasteiger partial charge is 0.295 e. The molecule has 2 nitrogen and oxygen atoms in total. The number of hydrogen-bond acceptors (Lipinski definition) is 1. The van der Waals surface area contributed by atoms with Gasteiger partial charge in [-0.2, -0.15) is 0 Å². The Morgan fingerprint density at radius 1 is 1.05 bits per heavy atom. The predicted molar refractivity (Wildman–Crippen MR) is 75.2 cm³/mol. The van der Waals surface area contributed by atoms with Gasteiger partial charge < -0.3 is 0 Å². The van der Waals surface area contributed by atoms with Gasteiger partial charge in [0.2, 0.25) is 0 Å². The maximum atomic E-state index is 13.6. The number of rotatable bonds is 2. The van der Waals surface area contributed by atoms with Gasteiger partial charge in [-0.05, 0) is 30.7 Å². The van der Waals surface area contributed by atoms with Crippen molar-refractivity contribution in [3.05, 3.63) is 59.2 Å². The summed E-state index contributed by atoms with van der Waals surface area (Å²) in [7, 11) is 0. The van der Waals surface area contributed by atoms with Crippen LogP contribution in [0.5, 0.6) is 0 Å². The number of aryl methyl sites for hydroxylation is 1. The fourth-order valence-corrected chi connectivity index (χ4v) is 2.48. The van der Waals surface area contributed by atoms with Crippen LogP contribution in [0.1, 0.15) is 11.4 Å². The molecule has 0 bridgehead atoms. The van der Waals surface area contributed by atoms with E-state index in [9.17, 15) is 13.2 Å². The maximum absolute atomic E-state index is 13.6. The highest BCUT2D eigenvalue weighted by Crippen LogP contribution is 2.26. The van der Waals surface area contributed by atoms with Crippen LogP contribution < -0.4 is 0 Å². The predicted octanol–water partition coefficient (Wildman–Crippen LogP) is 4.49. The average molecular weight is 311 g/mol. The van der Waals surface area contributed by atoms with E-state index in [1.165, 1.54) is 22.8 Å². The van der Waals surface area contributed by atoms with Crippen LogP contribution in [0.4, 0.5) is 13.2 Å². The third kappa shape index (κ3) is 2.38. The van der Waals surface area contributed by atoms with E-state index >= 15 is 0 Å². The Morgan fingerprint density at radius 2 is 1.71 bits per heavy atom. The van der Waals surface area contributed by atoms with Gasteiger partial charge in [-0.3, -0.25) is 4.57 Å².